The van der Waals surface area contributed by atoms with Gasteiger partial charge in [0.2, 0.25) is 0 Å². The van der Waals surface area contributed by atoms with Crippen LogP contribution in [0.3, 0.4) is 0 Å². The summed E-state index contributed by atoms with van der Waals surface area (Å²) in [5, 5.41) is 11.1. The number of carbonyl (C=O) groups is 1. The van der Waals surface area contributed by atoms with Crippen molar-refractivity contribution in [2.75, 3.05) is 29.9 Å². The van der Waals surface area contributed by atoms with Crippen LogP contribution in [0.4, 0.5) is 15.9 Å². The molecule has 0 spiro atoms. The van der Waals surface area contributed by atoms with E-state index in [1.807, 2.05) is 15.5 Å². The quantitative estimate of drug-likeness (QED) is 0.590. The molecule has 34 heavy (non-hydrogen) atoms. The third-order valence-corrected chi connectivity index (χ3v) is 6.68. The number of piperidine rings is 1. The maximum atomic E-state index is 15.2. The molecule has 3 saturated heterocycles. The van der Waals surface area contributed by atoms with Crippen LogP contribution in [0.2, 0.25) is 0 Å². The van der Waals surface area contributed by atoms with Crippen LogP contribution in [-0.4, -0.2) is 57.6 Å². The molecular formula is C24H25FN6O3. The molecule has 6 heterocycles. The summed E-state index contributed by atoms with van der Waals surface area (Å²) in [6, 6.07) is 8.37. The van der Waals surface area contributed by atoms with Gasteiger partial charge in [-0.2, -0.15) is 0 Å². The molecule has 1 aromatic carbocycles. The molecule has 2 unspecified atom stereocenters. The van der Waals surface area contributed by atoms with E-state index in [9.17, 15) is 4.79 Å². The Morgan fingerprint density at radius 1 is 1.21 bits per heavy atom. The maximum Gasteiger partial charge on any atom is 0.260 e. The monoisotopic (exact) mass is 464 g/mol. The molecule has 1 N–H and O–H groups in total. The SMILES string of the molecule is C[C@H]1CCCOc2cc(F)c(N3CC4CC(C3)O4)cc2C(=O)Nc2cccc(n2)-c2nncn21. The molecule has 3 aromatic rings. The predicted octanol–water partition coefficient (Wildman–Crippen LogP) is 3.44. The number of rotatable bonds is 1. The second kappa shape index (κ2) is 8.35. The van der Waals surface area contributed by atoms with Crippen molar-refractivity contribution >= 4 is 17.4 Å². The molecule has 3 fully saturated rings. The number of fused-ring (bicyclic) bond motifs is 7. The molecule has 0 aliphatic carbocycles. The minimum absolute atomic E-state index is 0.114. The van der Waals surface area contributed by atoms with Crippen molar-refractivity contribution in [1.29, 1.82) is 0 Å². The number of nitrogens with zero attached hydrogens (tertiary/aromatic N) is 5. The second-order valence-corrected chi connectivity index (χ2v) is 9.08. The molecule has 1 amide bonds. The molecule has 4 aliphatic rings. The molecule has 9 nitrogen and oxygen atoms in total. The van der Waals surface area contributed by atoms with E-state index in [-0.39, 0.29) is 29.6 Å². The second-order valence-electron chi connectivity index (χ2n) is 9.08. The summed E-state index contributed by atoms with van der Waals surface area (Å²) in [6.07, 6.45) is 4.43. The summed E-state index contributed by atoms with van der Waals surface area (Å²) in [7, 11) is 0. The lowest BCUT2D eigenvalue weighted by molar-refractivity contribution is -0.133. The highest BCUT2D eigenvalue weighted by Gasteiger charge is 2.39. The minimum Gasteiger partial charge on any atom is -0.493 e. The summed E-state index contributed by atoms with van der Waals surface area (Å²) < 4.78 is 28.7. The van der Waals surface area contributed by atoms with E-state index < -0.39 is 11.7 Å². The normalized spacial score (nSPS) is 24.1. The molecule has 4 aliphatic heterocycles. The van der Waals surface area contributed by atoms with E-state index in [2.05, 4.69) is 27.4 Å². The molecule has 3 atom stereocenters. The molecule has 0 radical (unpaired) electrons. The maximum absolute atomic E-state index is 15.2. The first-order valence-corrected chi connectivity index (χ1v) is 11.6. The van der Waals surface area contributed by atoms with Crippen molar-refractivity contribution in [3.63, 3.8) is 0 Å². The highest BCUT2D eigenvalue weighted by atomic mass is 19.1. The van der Waals surface area contributed by atoms with E-state index >= 15 is 4.39 Å². The summed E-state index contributed by atoms with van der Waals surface area (Å²) in [6.45, 7) is 3.65. The van der Waals surface area contributed by atoms with Crippen LogP contribution in [0, 0.1) is 5.82 Å². The van der Waals surface area contributed by atoms with Gasteiger partial charge in [0, 0.05) is 31.6 Å². The van der Waals surface area contributed by atoms with Gasteiger partial charge in [-0.25, -0.2) is 9.37 Å². The summed E-state index contributed by atoms with van der Waals surface area (Å²) in [5.74, 6) is 0.411. The molecular weight excluding hydrogens is 439 g/mol. The van der Waals surface area contributed by atoms with E-state index in [1.165, 1.54) is 6.07 Å². The number of pyridine rings is 1. The first kappa shape index (κ1) is 21.0. The topological polar surface area (TPSA) is 94.4 Å². The van der Waals surface area contributed by atoms with E-state index in [4.69, 9.17) is 9.47 Å². The molecule has 0 saturated carbocycles. The number of benzene rings is 1. The zero-order chi connectivity index (χ0) is 23.2. The lowest BCUT2D eigenvalue weighted by Gasteiger charge is -2.48. The third kappa shape index (κ3) is 3.77. The van der Waals surface area contributed by atoms with Crippen LogP contribution < -0.4 is 15.0 Å². The van der Waals surface area contributed by atoms with Gasteiger partial charge in [0.15, 0.2) is 5.82 Å². The molecule has 4 bridgehead atoms. The van der Waals surface area contributed by atoms with Crippen LogP contribution in [0.5, 0.6) is 5.75 Å². The van der Waals surface area contributed by atoms with Crippen molar-refractivity contribution in [2.45, 2.75) is 44.4 Å². The lowest BCUT2D eigenvalue weighted by atomic mass is 9.97. The Labute approximate surface area is 195 Å². The zero-order valence-corrected chi connectivity index (χ0v) is 18.8. The Balaban J connectivity index is 1.37. The highest BCUT2D eigenvalue weighted by molar-refractivity contribution is 6.06. The van der Waals surface area contributed by atoms with Crippen LogP contribution in [0.15, 0.2) is 36.7 Å². The van der Waals surface area contributed by atoms with Gasteiger partial charge in [-0.05, 0) is 38.0 Å². The van der Waals surface area contributed by atoms with Gasteiger partial charge < -0.3 is 24.3 Å². The number of hydrogen-bond acceptors (Lipinski definition) is 7. The number of morpholine rings is 1. The Kier molecular flexibility index (Phi) is 5.17. The van der Waals surface area contributed by atoms with Crippen LogP contribution in [0.1, 0.15) is 42.6 Å². The fraction of sp³-hybridized carbons (Fsp3) is 0.417. The molecule has 7 rings (SSSR count). The number of amides is 1. The number of anilines is 2. The first-order chi connectivity index (χ1) is 16.5. The van der Waals surface area contributed by atoms with Gasteiger partial charge >= 0.3 is 0 Å². The van der Waals surface area contributed by atoms with Crippen LogP contribution in [-0.2, 0) is 4.74 Å². The van der Waals surface area contributed by atoms with Crippen molar-refractivity contribution < 1.29 is 18.7 Å². The lowest BCUT2D eigenvalue weighted by Crippen LogP contribution is -2.57. The van der Waals surface area contributed by atoms with E-state index in [0.29, 0.717) is 49.1 Å². The molecule has 10 heteroatoms. The smallest absolute Gasteiger partial charge is 0.260 e. The van der Waals surface area contributed by atoms with E-state index in [0.717, 1.165) is 12.8 Å². The van der Waals surface area contributed by atoms with Gasteiger partial charge in [-0.3, -0.25) is 4.79 Å². The fourth-order valence-corrected chi connectivity index (χ4v) is 4.90. The highest BCUT2D eigenvalue weighted by Crippen LogP contribution is 2.36. The first-order valence-electron chi connectivity index (χ1n) is 11.6. The van der Waals surface area contributed by atoms with Gasteiger partial charge in [0.25, 0.3) is 5.91 Å². The number of halogens is 1. The number of carbonyl (C=O) groups excluding carboxylic acids is 1. The molecule has 176 valence electrons. The Morgan fingerprint density at radius 3 is 2.85 bits per heavy atom. The minimum atomic E-state index is -0.411. The number of aromatic nitrogens is 4. The van der Waals surface area contributed by atoms with Crippen molar-refractivity contribution in [1.82, 2.24) is 19.7 Å². The van der Waals surface area contributed by atoms with Gasteiger partial charge in [-0.15, -0.1) is 10.2 Å². The van der Waals surface area contributed by atoms with Crippen LogP contribution >= 0.6 is 0 Å². The van der Waals surface area contributed by atoms with Crippen molar-refractivity contribution in [2.24, 2.45) is 0 Å². The number of nitrogens with one attached hydrogen (secondary N) is 1. The summed E-state index contributed by atoms with van der Waals surface area (Å²) >= 11 is 0. The summed E-state index contributed by atoms with van der Waals surface area (Å²) in [5.41, 5.74) is 1.28. The fourth-order valence-electron chi connectivity index (χ4n) is 4.90. The standard InChI is InChI=1S/C24H25FN6O3/c1-14-4-3-7-33-21-10-18(25)20(30-11-15-8-16(12-30)34-15)9-17(21)24(32)28-22-6-2-5-19(27-22)23-29-26-13-31(14)23/h2,5-6,9-10,13-16H,3-4,7-8,11-12H2,1H3,(H,27,28,32)/t14-,15?,16?/m0/s1. The van der Waals surface area contributed by atoms with Gasteiger partial charge in [0.1, 0.15) is 29.4 Å². The third-order valence-electron chi connectivity index (χ3n) is 6.68. The van der Waals surface area contributed by atoms with Crippen LogP contribution in [0.25, 0.3) is 11.5 Å². The van der Waals surface area contributed by atoms with Crippen molar-refractivity contribution in [3.8, 4) is 17.3 Å². The Bertz CT molecular complexity index is 1230. The average molecular weight is 465 g/mol. The number of hydrogen-bond donors (Lipinski definition) is 1. The van der Waals surface area contributed by atoms with E-state index in [1.54, 1.807) is 24.5 Å². The predicted molar refractivity (Wildman–Crippen MR) is 123 cm³/mol. The Morgan fingerprint density at radius 2 is 2.03 bits per heavy atom. The number of ether oxygens (including phenoxy) is 2. The summed E-state index contributed by atoms with van der Waals surface area (Å²) in [4.78, 5) is 19.8. The van der Waals surface area contributed by atoms with Crippen molar-refractivity contribution in [3.05, 3.63) is 48.0 Å². The van der Waals surface area contributed by atoms with Gasteiger partial charge in [0.05, 0.1) is 30.1 Å². The average Bonchev–Trinajstić information content (AvgIpc) is 3.31. The zero-order valence-electron chi connectivity index (χ0n) is 18.8. The Hall–Kier alpha value is -3.53. The molecule has 2 aromatic heterocycles. The van der Waals surface area contributed by atoms with Gasteiger partial charge in [-0.1, -0.05) is 6.07 Å². The largest absolute Gasteiger partial charge is 0.493 e.